The topological polar surface area (TPSA) is 29.5 Å². The van der Waals surface area contributed by atoms with E-state index < -0.39 is 18.7 Å². The van der Waals surface area contributed by atoms with E-state index in [0.29, 0.717) is 10.6 Å². The minimum Gasteiger partial charge on any atom is -0.495 e. The molecule has 0 aliphatic carbocycles. The molecule has 0 aliphatic rings. The minimum atomic E-state index is -4.15. The third-order valence-electron chi connectivity index (χ3n) is 2.12. The van der Waals surface area contributed by atoms with E-state index in [2.05, 4.69) is 0 Å². The van der Waals surface area contributed by atoms with E-state index in [-0.39, 0.29) is 12.8 Å². The molecule has 1 aromatic heterocycles. The number of aliphatic hydroxyl groups is 1. The van der Waals surface area contributed by atoms with E-state index in [9.17, 15) is 18.3 Å². The van der Waals surface area contributed by atoms with E-state index in [0.717, 1.165) is 0 Å². The molecule has 2 nitrogen and oxygen atoms in total. The number of rotatable bonds is 5. The maximum Gasteiger partial charge on any atom is 0.389 e. The SMILES string of the molecule is COc1ccsc1C(O)CCCC(F)(F)F. The Morgan fingerprint density at radius 2 is 2.19 bits per heavy atom. The molecule has 0 radical (unpaired) electrons. The molecule has 0 aliphatic heterocycles. The second-order valence-electron chi connectivity index (χ2n) is 3.38. The van der Waals surface area contributed by atoms with Crippen molar-refractivity contribution in [3.8, 4) is 5.75 Å². The van der Waals surface area contributed by atoms with E-state index in [1.807, 2.05) is 0 Å². The molecule has 0 aromatic carbocycles. The van der Waals surface area contributed by atoms with E-state index in [1.54, 1.807) is 11.4 Å². The Bertz CT molecular complexity index is 322. The Kier molecular flexibility index (Phi) is 4.61. The lowest BCUT2D eigenvalue weighted by Gasteiger charge is -2.11. The molecule has 1 aromatic rings. The maximum absolute atomic E-state index is 11.9. The number of halogens is 3. The van der Waals surface area contributed by atoms with Gasteiger partial charge in [-0.2, -0.15) is 13.2 Å². The summed E-state index contributed by atoms with van der Waals surface area (Å²) in [6, 6.07) is 1.69. The van der Waals surface area contributed by atoms with Gasteiger partial charge >= 0.3 is 6.18 Å². The third-order valence-corrected chi connectivity index (χ3v) is 3.12. The molecule has 92 valence electrons. The van der Waals surface area contributed by atoms with Crippen LogP contribution in [0.25, 0.3) is 0 Å². The van der Waals surface area contributed by atoms with Crippen molar-refractivity contribution in [3.05, 3.63) is 16.3 Å². The normalized spacial score (nSPS) is 13.8. The lowest BCUT2D eigenvalue weighted by atomic mass is 10.1. The molecular formula is C10H13F3O2S. The van der Waals surface area contributed by atoms with Crippen LogP contribution in [-0.2, 0) is 0 Å². The third kappa shape index (κ3) is 4.02. The summed E-state index contributed by atoms with van der Waals surface area (Å²) < 4.78 is 40.7. The van der Waals surface area contributed by atoms with Gasteiger partial charge in [0, 0.05) is 6.42 Å². The molecule has 1 heterocycles. The summed E-state index contributed by atoms with van der Waals surface area (Å²) in [5.74, 6) is 0.532. The molecule has 1 N–H and O–H groups in total. The second-order valence-corrected chi connectivity index (χ2v) is 4.32. The summed E-state index contributed by atoms with van der Waals surface area (Å²) in [6.07, 6.45) is -5.88. The van der Waals surface area contributed by atoms with Crippen LogP contribution >= 0.6 is 11.3 Å². The molecule has 16 heavy (non-hydrogen) atoms. The van der Waals surface area contributed by atoms with Gasteiger partial charge in [0.15, 0.2) is 0 Å². The highest BCUT2D eigenvalue weighted by Crippen LogP contribution is 2.34. The van der Waals surface area contributed by atoms with Gasteiger partial charge in [-0.15, -0.1) is 11.3 Å². The fourth-order valence-electron chi connectivity index (χ4n) is 1.35. The van der Waals surface area contributed by atoms with Crippen LogP contribution in [0, 0.1) is 0 Å². The number of alkyl halides is 3. The zero-order valence-electron chi connectivity index (χ0n) is 8.75. The van der Waals surface area contributed by atoms with E-state index >= 15 is 0 Å². The van der Waals surface area contributed by atoms with Crippen LogP contribution in [0.5, 0.6) is 5.75 Å². The number of hydrogen-bond acceptors (Lipinski definition) is 3. The molecule has 0 fully saturated rings. The molecule has 0 bridgehead atoms. The summed E-state index contributed by atoms with van der Waals surface area (Å²) >= 11 is 1.28. The lowest BCUT2D eigenvalue weighted by Crippen LogP contribution is -2.07. The first-order valence-electron chi connectivity index (χ1n) is 4.80. The zero-order valence-corrected chi connectivity index (χ0v) is 9.57. The Morgan fingerprint density at radius 3 is 2.75 bits per heavy atom. The first kappa shape index (κ1) is 13.3. The summed E-state index contributed by atoms with van der Waals surface area (Å²) in [4.78, 5) is 0.588. The fraction of sp³-hybridized carbons (Fsp3) is 0.600. The van der Waals surface area contributed by atoms with Crippen molar-refractivity contribution in [3.63, 3.8) is 0 Å². The molecule has 0 saturated heterocycles. The zero-order chi connectivity index (χ0) is 12.2. The largest absolute Gasteiger partial charge is 0.495 e. The molecule has 1 unspecified atom stereocenters. The van der Waals surface area contributed by atoms with Crippen molar-refractivity contribution >= 4 is 11.3 Å². The second kappa shape index (κ2) is 5.54. The summed E-state index contributed by atoms with van der Waals surface area (Å²) in [5, 5.41) is 11.4. The van der Waals surface area contributed by atoms with Gasteiger partial charge in [-0.3, -0.25) is 0 Å². The number of aliphatic hydroxyl groups excluding tert-OH is 1. The van der Waals surface area contributed by atoms with Crippen LogP contribution in [0.4, 0.5) is 13.2 Å². The predicted octanol–water partition coefficient (Wildman–Crippen LogP) is 3.52. The monoisotopic (exact) mass is 254 g/mol. The van der Waals surface area contributed by atoms with Gasteiger partial charge in [0.25, 0.3) is 0 Å². The quantitative estimate of drug-likeness (QED) is 0.871. The summed E-state index contributed by atoms with van der Waals surface area (Å²) in [6.45, 7) is 0. The van der Waals surface area contributed by atoms with Gasteiger partial charge in [-0.25, -0.2) is 0 Å². The molecule has 6 heteroatoms. The van der Waals surface area contributed by atoms with Gasteiger partial charge in [-0.05, 0) is 24.3 Å². The summed E-state index contributed by atoms with van der Waals surface area (Å²) in [5.41, 5.74) is 0. The number of ether oxygens (including phenoxy) is 1. The average Bonchev–Trinajstić information content (AvgIpc) is 2.63. The van der Waals surface area contributed by atoms with Crippen molar-refractivity contribution in [1.29, 1.82) is 0 Å². The highest BCUT2D eigenvalue weighted by Gasteiger charge is 2.27. The average molecular weight is 254 g/mol. The van der Waals surface area contributed by atoms with Crippen molar-refractivity contribution in [1.82, 2.24) is 0 Å². The highest BCUT2D eigenvalue weighted by atomic mass is 32.1. The Balaban J connectivity index is 2.44. The standard InChI is InChI=1S/C10H13F3O2S/c1-15-8-4-6-16-9(8)7(14)3-2-5-10(11,12)13/h4,6-7,14H,2-3,5H2,1H3. The number of methoxy groups -OCH3 is 1. The van der Waals surface area contributed by atoms with Crippen molar-refractivity contribution in [2.24, 2.45) is 0 Å². The van der Waals surface area contributed by atoms with Gasteiger partial charge < -0.3 is 9.84 Å². The first-order valence-corrected chi connectivity index (χ1v) is 5.68. The van der Waals surface area contributed by atoms with Gasteiger partial charge in [0.1, 0.15) is 5.75 Å². The van der Waals surface area contributed by atoms with Crippen LogP contribution in [0.15, 0.2) is 11.4 Å². The number of thiophene rings is 1. The Hall–Kier alpha value is -0.750. The molecule has 1 atom stereocenters. The molecule has 1 rings (SSSR count). The molecule has 0 saturated carbocycles. The van der Waals surface area contributed by atoms with Gasteiger partial charge in [0.05, 0.1) is 18.1 Å². The highest BCUT2D eigenvalue weighted by molar-refractivity contribution is 7.10. The fourth-order valence-corrected chi connectivity index (χ4v) is 2.23. The van der Waals surface area contributed by atoms with E-state index in [1.165, 1.54) is 18.4 Å². The molecule has 0 spiro atoms. The van der Waals surface area contributed by atoms with Crippen LogP contribution in [0.1, 0.15) is 30.2 Å². The van der Waals surface area contributed by atoms with Crippen molar-refractivity contribution in [2.45, 2.75) is 31.5 Å². The van der Waals surface area contributed by atoms with Crippen molar-refractivity contribution < 1.29 is 23.0 Å². The number of hydrogen-bond donors (Lipinski definition) is 1. The van der Waals surface area contributed by atoms with Crippen LogP contribution in [-0.4, -0.2) is 18.4 Å². The Morgan fingerprint density at radius 1 is 1.50 bits per heavy atom. The lowest BCUT2D eigenvalue weighted by molar-refractivity contribution is -0.136. The van der Waals surface area contributed by atoms with Gasteiger partial charge in [0.2, 0.25) is 0 Å². The van der Waals surface area contributed by atoms with Crippen molar-refractivity contribution in [2.75, 3.05) is 7.11 Å². The predicted molar refractivity (Wildman–Crippen MR) is 55.7 cm³/mol. The summed E-state index contributed by atoms with van der Waals surface area (Å²) in [7, 11) is 1.47. The van der Waals surface area contributed by atoms with Crippen LogP contribution in [0.2, 0.25) is 0 Å². The van der Waals surface area contributed by atoms with E-state index in [4.69, 9.17) is 4.74 Å². The maximum atomic E-state index is 11.9. The smallest absolute Gasteiger partial charge is 0.389 e. The minimum absolute atomic E-state index is 0.0777. The Labute approximate surface area is 95.7 Å². The molecule has 0 amide bonds. The van der Waals surface area contributed by atoms with Gasteiger partial charge in [-0.1, -0.05) is 0 Å². The molecular weight excluding hydrogens is 241 g/mol. The first-order chi connectivity index (χ1) is 7.44. The van der Waals surface area contributed by atoms with Crippen LogP contribution < -0.4 is 4.74 Å². The van der Waals surface area contributed by atoms with Crippen LogP contribution in [0.3, 0.4) is 0 Å².